The third-order valence-corrected chi connectivity index (χ3v) is 5.81. The minimum Gasteiger partial charge on any atom is -0.346 e. The molecule has 2 aliphatic rings. The molecule has 2 atom stereocenters. The van der Waals surface area contributed by atoms with Gasteiger partial charge in [0, 0.05) is 36.1 Å². The molecule has 0 bridgehead atoms. The van der Waals surface area contributed by atoms with Gasteiger partial charge in [-0.3, -0.25) is 4.79 Å². The van der Waals surface area contributed by atoms with Gasteiger partial charge >= 0.3 is 0 Å². The van der Waals surface area contributed by atoms with Crippen molar-refractivity contribution in [2.45, 2.75) is 71.5 Å². The maximum atomic E-state index is 13.2. The molecule has 0 unspecified atom stereocenters. The number of amides is 1. The first-order valence-corrected chi connectivity index (χ1v) is 9.11. The number of likely N-dealkylation sites (tertiary alicyclic amines) is 2. The lowest BCUT2D eigenvalue weighted by Gasteiger charge is -2.33. The summed E-state index contributed by atoms with van der Waals surface area (Å²) in [4.78, 5) is 17.8. The van der Waals surface area contributed by atoms with Crippen LogP contribution in [-0.4, -0.2) is 52.5 Å². The Kier molecular flexibility index (Phi) is 4.54. The summed E-state index contributed by atoms with van der Waals surface area (Å²) in [5, 5.41) is 0. The fourth-order valence-electron chi connectivity index (χ4n) is 4.81. The molecule has 2 saturated heterocycles. The van der Waals surface area contributed by atoms with Gasteiger partial charge in [-0.2, -0.15) is 0 Å². The molecule has 128 valence electrons. The van der Waals surface area contributed by atoms with Crippen molar-refractivity contribution in [1.29, 1.82) is 0 Å². The molecule has 2 fully saturated rings. The topological polar surface area (TPSA) is 28.5 Å². The van der Waals surface area contributed by atoms with Crippen molar-refractivity contribution in [1.82, 2.24) is 14.4 Å². The molecule has 0 radical (unpaired) electrons. The van der Waals surface area contributed by atoms with E-state index >= 15 is 0 Å². The van der Waals surface area contributed by atoms with E-state index in [1.54, 1.807) is 0 Å². The maximum absolute atomic E-state index is 13.2. The third-order valence-electron chi connectivity index (χ3n) is 5.81. The second-order valence-corrected chi connectivity index (χ2v) is 7.65. The van der Waals surface area contributed by atoms with Gasteiger partial charge in [-0.1, -0.05) is 0 Å². The number of hydrogen-bond donors (Lipinski definition) is 0. The zero-order valence-corrected chi connectivity index (χ0v) is 15.3. The van der Waals surface area contributed by atoms with Gasteiger partial charge in [-0.15, -0.1) is 0 Å². The van der Waals surface area contributed by atoms with Gasteiger partial charge < -0.3 is 14.4 Å². The molecule has 2 aliphatic heterocycles. The summed E-state index contributed by atoms with van der Waals surface area (Å²) >= 11 is 0. The van der Waals surface area contributed by atoms with E-state index in [1.807, 2.05) is 0 Å². The standard InChI is InChI=1S/C19H31N3O/c1-13(2)22-14(3)12-16(15(22)4)19(23)21-11-7-9-18(21)17-8-6-10-20(17)5/h12-13,17-18H,6-11H2,1-5H3/t17-,18+/m0/s1. The monoisotopic (exact) mass is 317 g/mol. The number of carbonyl (C=O) groups is 1. The van der Waals surface area contributed by atoms with E-state index in [1.165, 1.54) is 25.1 Å². The van der Waals surface area contributed by atoms with E-state index in [0.717, 1.165) is 30.6 Å². The maximum Gasteiger partial charge on any atom is 0.255 e. The van der Waals surface area contributed by atoms with E-state index < -0.39 is 0 Å². The molecule has 0 aromatic carbocycles. The van der Waals surface area contributed by atoms with Gasteiger partial charge in [0.05, 0.1) is 5.56 Å². The Morgan fingerprint density at radius 2 is 1.78 bits per heavy atom. The second-order valence-electron chi connectivity index (χ2n) is 7.65. The number of rotatable bonds is 3. The largest absolute Gasteiger partial charge is 0.346 e. The first-order chi connectivity index (χ1) is 10.9. The Morgan fingerprint density at radius 1 is 1.13 bits per heavy atom. The predicted octanol–water partition coefficient (Wildman–Crippen LogP) is 3.38. The quantitative estimate of drug-likeness (QED) is 0.855. The molecule has 1 amide bonds. The van der Waals surface area contributed by atoms with Gasteiger partial charge in [0.2, 0.25) is 0 Å². The van der Waals surface area contributed by atoms with Crippen LogP contribution in [0.15, 0.2) is 6.07 Å². The van der Waals surface area contributed by atoms with Crippen LogP contribution in [0.5, 0.6) is 0 Å². The molecule has 3 rings (SSSR count). The van der Waals surface area contributed by atoms with Gasteiger partial charge in [-0.25, -0.2) is 0 Å². The van der Waals surface area contributed by atoms with E-state index in [4.69, 9.17) is 0 Å². The summed E-state index contributed by atoms with van der Waals surface area (Å²) in [5.74, 6) is 0.243. The smallest absolute Gasteiger partial charge is 0.255 e. The number of aryl methyl sites for hydroxylation is 1. The van der Waals surface area contributed by atoms with Crippen molar-refractivity contribution >= 4 is 5.91 Å². The lowest BCUT2D eigenvalue weighted by atomic mass is 10.0. The molecule has 0 spiro atoms. The number of nitrogens with zero attached hydrogens (tertiary/aromatic N) is 3. The minimum absolute atomic E-state index is 0.243. The van der Waals surface area contributed by atoms with Crippen LogP contribution >= 0.6 is 0 Å². The van der Waals surface area contributed by atoms with Crippen LogP contribution in [0.25, 0.3) is 0 Å². The lowest BCUT2D eigenvalue weighted by Crippen LogP contribution is -2.47. The zero-order valence-electron chi connectivity index (χ0n) is 15.3. The molecule has 0 saturated carbocycles. The van der Waals surface area contributed by atoms with Crippen molar-refractivity contribution in [2.75, 3.05) is 20.1 Å². The summed E-state index contributed by atoms with van der Waals surface area (Å²) in [6.07, 6.45) is 4.80. The number of carbonyl (C=O) groups excluding carboxylic acids is 1. The first-order valence-electron chi connectivity index (χ1n) is 9.11. The summed E-state index contributed by atoms with van der Waals surface area (Å²) < 4.78 is 2.28. The SMILES string of the molecule is Cc1cc(C(=O)N2CCC[C@@H]2[C@@H]2CCCN2C)c(C)n1C(C)C. The van der Waals surface area contributed by atoms with Crippen LogP contribution in [0.2, 0.25) is 0 Å². The highest BCUT2D eigenvalue weighted by atomic mass is 16.2. The van der Waals surface area contributed by atoms with Crippen molar-refractivity contribution < 1.29 is 4.79 Å². The van der Waals surface area contributed by atoms with Crippen LogP contribution in [0.4, 0.5) is 0 Å². The molecule has 1 aromatic rings. The van der Waals surface area contributed by atoms with Crippen LogP contribution in [-0.2, 0) is 0 Å². The summed E-state index contributed by atoms with van der Waals surface area (Å²) in [7, 11) is 2.21. The van der Waals surface area contributed by atoms with Crippen molar-refractivity contribution in [2.24, 2.45) is 0 Å². The van der Waals surface area contributed by atoms with E-state index in [0.29, 0.717) is 18.1 Å². The van der Waals surface area contributed by atoms with E-state index in [-0.39, 0.29) is 5.91 Å². The van der Waals surface area contributed by atoms with Crippen LogP contribution < -0.4 is 0 Å². The Bertz CT molecular complexity index is 590. The second kappa shape index (κ2) is 6.31. The number of aromatic nitrogens is 1. The molecule has 4 heteroatoms. The first kappa shape index (κ1) is 16.6. The minimum atomic E-state index is 0.243. The molecule has 1 aromatic heterocycles. The third kappa shape index (κ3) is 2.82. The Morgan fingerprint density at radius 3 is 2.35 bits per heavy atom. The fourth-order valence-corrected chi connectivity index (χ4v) is 4.81. The highest BCUT2D eigenvalue weighted by Crippen LogP contribution is 2.31. The Hall–Kier alpha value is -1.29. The summed E-state index contributed by atoms with van der Waals surface area (Å²) in [5.41, 5.74) is 3.21. The summed E-state index contributed by atoms with van der Waals surface area (Å²) in [6.45, 7) is 10.6. The Balaban J connectivity index is 1.86. The average molecular weight is 317 g/mol. The molecule has 0 N–H and O–H groups in total. The van der Waals surface area contributed by atoms with E-state index in [2.05, 4.69) is 55.2 Å². The van der Waals surface area contributed by atoms with Gasteiger partial charge in [0.15, 0.2) is 0 Å². The molecule has 0 aliphatic carbocycles. The fraction of sp³-hybridized carbons (Fsp3) is 0.737. The molecule has 3 heterocycles. The lowest BCUT2D eigenvalue weighted by molar-refractivity contribution is 0.0663. The predicted molar refractivity (Wildman–Crippen MR) is 94.0 cm³/mol. The highest BCUT2D eigenvalue weighted by Gasteiger charge is 2.39. The van der Waals surface area contributed by atoms with Crippen molar-refractivity contribution in [3.63, 3.8) is 0 Å². The van der Waals surface area contributed by atoms with Crippen LogP contribution in [0.1, 0.15) is 67.3 Å². The van der Waals surface area contributed by atoms with Crippen molar-refractivity contribution in [3.8, 4) is 0 Å². The molecular weight excluding hydrogens is 286 g/mol. The van der Waals surface area contributed by atoms with Gasteiger partial charge in [0.25, 0.3) is 5.91 Å². The van der Waals surface area contributed by atoms with Gasteiger partial charge in [0.1, 0.15) is 0 Å². The van der Waals surface area contributed by atoms with Crippen LogP contribution in [0, 0.1) is 13.8 Å². The van der Waals surface area contributed by atoms with Crippen molar-refractivity contribution in [3.05, 3.63) is 23.0 Å². The number of hydrogen-bond acceptors (Lipinski definition) is 2. The van der Waals surface area contributed by atoms with Gasteiger partial charge in [-0.05, 0) is 73.0 Å². The number of likely N-dealkylation sites (N-methyl/N-ethyl adjacent to an activating group) is 1. The Labute approximate surface area is 140 Å². The highest BCUT2D eigenvalue weighted by molar-refractivity contribution is 5.96. The van der Waals surface area contributed by atoms with E-state index in [9.17, 15) is 4.79 Å². The normalized spacial score (nSPS) is 25.7. The molecule has 4 nitrogen and oxygen atoms in total. The molecule has 23 heavy (non-hydrogen) atoms. The molecular formula is C19H31N3O. The van der Waals surface area contributed by atoms with Crippen LogP contribution in [0.3, 0.4) is 0 Å². The zero-order chi connectivity index (χ0) is 16.7. The summed E-state index contributed by atoms with van der Waals surface area (Å²) in [6, 6.07) is 3.44. The average Bonchev–Trinajstić information content (AvgIpc) is 3.16.